The maximum atomic E-state index is 11.8. The molecule has 0 aliphatic heterocycles. The summed E-state index contributed by atoms with van der Waals surface area (Å²) in [4.78, 5) is 11.8. The lowest BCUT2D eigenvalue weighted by Crippen LogP contribution is -2.41. The quantitative estimate of drug-likeness (QED) is 0.829. The van der Waals surface area contributed by atoms with E-state index in [0.717, 1.165) is 16.9 Å². The van der Waals surface area contributed by atoms with E-state index in [-0.39, 0.29) is 17.6 Å². The van der Waals surface area contributed by atoms with Crippen molar-refractivity contribution in [2.45, 2.75) is 20.4 Å². The number of amides is 1. The van der Waals surface area contributed by atoms with E-state index in [0.29, 0.717) is 12.3 Å². The van der Waals surface area contributed by atoms with Crippen molar-refractivity contribution >= 4 is 23.2 Å². The fraction of sp³-hybridized carbons (Fsp3) is 0.250. The average molecular weight is 318 g/mol. The number of ether oxygens (including phenoxy) is 1. The summed E-state index contributed by atoms with van der Waals surface area (Å²) in [5.74, 6) is 1.13. The summed E-state index contributed by atoms with van der Waals surface area (Å²) >= 11 is 5.04. The van der Waals surface area contributed by atoms with Crippen LogP contribution in [0.4, 0.5) is 0 Å². The summed E-state index contributed by atoms with van der Waals surface area (Å²) in [6, 6.07) is 9.46. The minimum atomic E-state index is -0.308. The van der Waals surface area contributed by atoms with Crippen LogP contribution in [0.15, 0.2) is 41.0 Å². The van der Waals surface area contributed by atoms with Gasteiger partial charge in [0.15, 0.2) is 11.7 Å². The molecule has 0 fully saturated rings. The van der Waals surface area contributed by atoms with Gasteiger partial charge >= 0.3 is 0 Å². The third kappa shape index (κ3) is 4.89. The van der Waals surface area contributed by atoms with Gasteiger partial charge in [0, 0.05) is 0 Å². The van der Waals surface area contributed by atoms with E-state index >= 15 is 0 Å². The van der Waals surface area contributed by atoms with Gasteiger partial charge in [0.2, 0.25) is 0 Å². The van der Waals surface area contributed by atoms with Crippen LogP contribution in [0.5, 0.6) is 5.75 Å². The summed E-state index contributed by atoms with van der Waals surface area (Å²) in [6.45, 7) is 4.24. The smallest absolute Gasteiger partial charge is 0.264 e. The number of rotatable bonds is 5. The van der Waals surface area contributed by atoms with Crippen molar-refractivity contribution in [3.8, 4) is 5.75 Å². The van der Waals surface area contributed by atoms with Gasteiger partial charge in [-0.3, -0.25) is 4.79 Å². The monoisotopic (exact) mass is 318 g/mol. The molecule has 1 aromatic carbocycles. The second-order valence-electron chi connectivity index (χ2n) is 4.87. The van der Waals surface area contributed by atoms with Gasteiger partial charge in [-0.1, -0.05) is 12.1 Å². The molecule has 2 aromatic rings. The highest BCUT2D eigenvalue weighted by atomic mass is 32.1. The number of aryl methyl sites for hydroxylation is 2. The molecule has 0 bridgehead atoms. The number of nitrogens with one attached hydrogen (secondary N) is 2. The van der Waals surface area contributed by atoms with Gasteiger partial charge in [-0.05, 0) is 55.4 Å². The third-order valence-electron chi connectivity index (χ3n) is 2.96. The highest BCUT2D eigenvalue weighted by molar-refractivity contribution is 7.80. The Morgan fingerprint density at radius 2 is 2.14 bits per heavy atom. The first-order valence-electron chi connectivity index (χ1n) is 6.84. The Hall–Kier alpha value is -2.34. The standard InChI is InChI=1S/C16H18N2O3S/c1-11-5-6-12(2)14(8-11)21-10-15(19)18-16(22)17-9-13-4-3-7-20-13/h3-8H,9-10H2,1-2H3,(H2,17,18,19,22). The molecule has 0 unspecified atom stereocenters. The summed E-state index contributed by atoms with van der Waals surface area (Å²) in [6.07, 6.45) is 1.58. The van der Waals surface area contributed by atoms with E-state index < -0.39 is 0 Å². The number of furan rings is 1. The average Bonchev–Trinajstić information content (AvgIpc) is 2.99. The Bertz CT molecular complexity index is 653. The van der Waals surface area contributed by atoms with Gasteiger partial charge < -0.3 is 19.8 Å². The zero-order valence-electron chi connectivity index (χ0n) is 12.5. The number of benzene rings is 1. The predicted octanol–water partition coefficient (Wildman–Crippen LogP) is 2.47. The first-order valence-corrected chi connectivity index (χ1v) is 7.25. The van der Waals surface area contributed by atoms with Crippen LogP contribution in [0.1, 0.15) is 16.9 Å². The lowest BCUT2D eigenvalue weighted by Gasteiger charge is -2.11. The summed E-state index contributed by atoms with van der Waals surface area (Å²) in [5, 5.41) is 5.69. The van der Waals surface area contributed by atoms with E-state index in [4.69, 9.17) is 21.4 Å². The Morgan fingerprint density at radius 3 is 2.86 bits per heavy atom. The summed E-state index contributed by atoms with van der Waals surface area (Å²) < 4.78 is 10.7. The molecule has 0 saturated carbocycles. The number of carbonyl (C=O) groups excluding carboxylic acids is 1. The van der Waals surface area contributed by atoms with Crippen LogP contribution in [0, 0.1) is 13.8 Å². The molecular formula is C16H18N2O3S. The molecule has 0 radical (unpaired) electrons. The molecule has 5 nitrogen and oxygen atoms in total. The first kappa shape index (κ1) is 16.0. The molecule has 0 atom stereocenters. The number of thiocarbonyl (C=S) groups is 1. The fourth-order valence-corrected chi connectivity index (χ4v) is 1.98. The predicted molar refractivity (Wildman–Crippen MR) is 87.7 cm³/mol. The number of hydrogen-bond donors (Lipinski definition) is 2. The normalized spacial score (nSPS) is 10.1. The van der Waals surface area contributed by atoms with Gasteiger partial charge in [-0.2, -0.15) is 0 Å². The Labute approximate surface area is 134 Å². The second kappa shape index (κ2) is 7.61. The van der Waals surface area contributed by atoms with Crippen molar-refractivity contribution in [3.05, 3.63) is 53.5 Å². The van der Waals surface area contributed by atoms with Crippen molar-refractivity contribution in [1.29, 1.82) is 0 Å². The highest BCUT2D eigenvalue weighted by Gasteiger charge is 2.07. The molecule has 0 aliphatic rings. The van der Waals surface area contributed by atoms with Gasteiger partial charge in [0.1, 0.15) is 11.5 Å². The molecule has 0 aliphatic carbocycles. The van der Waals surface area contributed by atoms with Gasteiger partial charge in [0.05, 0.1) is 12.8 Å². The maximum absolute atomic E-state index is 11.8. The van der Waals surface area contributed by atoms with E-state index in [1.165, 1.54) is 0 Å². The largest absolute Gasteiger partial charge is 0.483 e. The van der Waals surface area contributed by atoms with E-state index in [9.17, 15) is 4.79 Å². The molecular weight excluding hydrogens is 300 g/mol. The molecule has 22 heavy (non-hydrogen) atoms. The molecule has 1 heterocycles. The molecule has 2 rings (SSSR count). The van der Waals surface area contributed by atoms with Crippen LogP contribution in [0.3, 0.4) is 0 Å². The van der Waals surface area contributed by atoms with Crippen LogP contribution < -0.4 is 15.4 Å². The lowest BCUT2D eigenvalue weighted by molar-refractivity contribution is -0.121. The van der Waals surface area contributed by atoms with E-state index in [2.05, 4.69) is 10.6 Å². The van der Waals surface area contributed by atoms with Gasteiger partial charge in [-0.25, -0.2) is 0 Å². The Balaban J connectivity index is 1.75. The molecule has 1 aromatic heterocycles. The molecule has 116 valence electrons. The topological polar surface area (TPSA) is 63.5 Å². The van der Waals surface area contributed by atoms with Gasteiger partial charge in [0.25, 0.3) is 5.91 Å². The second-order valence-corrected chi connectivity index (χ2v) is 5.28. The van der Waals surface area contributed by atoms with Crippen molar-refractivity contribution in [1.82, 2.24) is 10.6 Å². The van der Waals surface area contributed by atoms with Crippen LogP contribution in [-0.2, 0) is 11.3 Å². The number of carbonyl (C=O) groups is 1. The summed E-state index contributed by atoms with van der Waals surface area (Å²) in [5.41, 5.74) is 2.06. The van der Waals surface area contributed by atoms with Crippen LogP contribution in [0.25, 0.3) is 0 Å². The SMILES string of the molecule is Cc1ccc(C)c(OCC(=O)NC(=S)NCc2ccco2)c1. The minimum Gasteiger partial charge on any atom is -0.483 e. The van der Waals surface area contributed by atoms with Gasteiger partial charge in [-0.15, -0.1) is 0 Å². The molecule has 1 amide bonds. The fourth-order valence-electron chi connectivity index (χ4n) is 1.79. The van der Waals surface area contributed by atoms with Crippen molar-refractivity contribution < 1.29 is 13.9 Å². The van der Waals surface area contributed by atoms with Crippen molar-refractivity contribution in [2.75, 3.05) is 6.61 Å². The molecule has 2 N–H and O–H groups in total. The van der Waals surface area contributed by atoms with Crippen LogP contribution >= 0.6 is 12.2 Å². The van der Waals surface area contributed by atoms with Crippen molar-refractivity contribution in [3.63, 3.8) is 0 Å². The highest BCUT2D eigenvalue weighted by Crippen LogP contribution is 2.18. The van der Waals surface area contributed by atoms with Crippen LogP contribution in [-0.4, -0.2) is 17.6 Å². The first-order chi connectivity index (χ1) is 10.5. The van der Waals surface area contributed by atoms with E-state index in [1.54, 1.807) is 12.3 Å². The molecule has 6 heteroatoms. The Kier molecular flexibility index (Phi) is 5.55. The minimum absolute atomic E-state index is 0.0904. The summed E-state index contributed by atoms with van der Waals surface area (Å²) in [7, 11) is 0. The van der Waals surface area contributed by atoms with Crippen molar-refractivity contribution in [2.24, 2.45) is 0 Å². The maximum Gasteiger partial charge on any atom is 0.264 e. The van der Waals surface area contributed by atoms with E-state index in [1.807, 2.05) is 38.1 Å². The zero-order chi connectivity index (χ0) is 15.9. The molecule has 0 spiro atoms. The Morgan fingerprint density at radius 1 is 1.32 bits per heavy atom. The third-order valence-corrected chi connectivity index (χ3v) is 3.21. The van der Waals surface area contributed by atoms with Crippen LogP contribution in [0.2, 0.25) is 0 Å². The number of hydrogen-bond acceptors (Lipinski definition) is 4. The zero-order valence-corrected chi connectivity index (χ0v) is 13.3. The lowest BCUT2D eigenvalue weighted by atomic mass is 10.1. The molecule has 0 saturated heterocycles.